The summed E-state index contributed by atoms with van der Waals surface area (Å²) in [5.41, 5.74) is 0.458. The molecule has 0 atom stereocenters. The van der Waals surface area contributed by atoms with Crippen molar-refractivity contribution in [1.29, 1.82) is 0 Å². The highest BCUT2D eigenvalue weighted by Gasteiger charge is 2.13. The lowest BCUT2D eigenvalue weighted by molar-refractivity contribution is -0.139. The first kappa shape index (κ1) is 12.1. The Balaban J connectivity index is 2.23. The largest absolute Gasteiger partial charge is 0.479 e. The summed E-state index contributed by atoms with van der Waals surface area (Å²) < 4.78 is 4.73. The summed E-state index contributed by atoms with van der Waals surface area (Å²) in [6.45, 7) is -0.595. The van der Waals surface area contributed by atoms with E-state index in [1.807, 2.05) is 0 Å². The van der Waals surface area contributed by atoms with Gasteiger partial charge in [-0.25, -0.2) is 9.78 Å². The van der Waals surface area contributed by atoms with E-state index in [9.17, 15) is 10.0 Å². The van der Waals surface area contributed by atoms with Gasteiger partial charge in [-0.05, 0) is 12.1 Å². The highest BCUT2D eigenvalue weighted by Crippen LogP contribution is 2.19. The number of aliphatic carboxylic acids is 1. The van der Waals surface area contributed by atoms with Crippen molar-refractivity contribution in [2.45, 2.75) is 0 Å². The fourth-order valence-electron chi connectivity index (χ4n) is 1.16. The minimum atomic E-state index is -1.17. The number of carbonyl (C=O) groups is 1. The molecule has 2 aromatic rings. The summed E-state index contributed by atoms with van der Waals surface area (Å²) in [7, 11) is 0. The van der Waals surface area contributed by atoms with Crippen molar-refractivity contribution in [3.63, 3.8) is 0 Å². The van der Waals surface area contributed by atoms with Gasteiger partial charge in [-0.2, -0.15) is 4.98 Å². The lowest BCUT2D eigenvalue weighted by Gasteiger charge is -1.96. The zero-order valence-corrected chi connectivity index (χ0v) is 9.57. The van der Waals surface area contributed by atoms with Crippen LogP contribution in [0.4, 0.5) is 0 Å². The van der Waals surface area contributed by atoms with Gasteiger partial charge in [0.25, 0.3) is 0 Å². The maximum Gasteiger partial charge on any atom is 0.341 e. The van der Waals surface area contributed by atoms with Crippen LogP contribution in [0, 0.1) is 0 Å². The van der Waals surface area contributed by atoms with Crippen LogP contribution >= 0.6 is 11.6 Å². The Bertz CT molecular complexity index is 568. The van der Waals surface area contributed by atoms with E-state index in [1.54, 1.807) is 6.07 Å². The van der Waals surface area contributed by atoms with E-state index in [1.165, 1.54) is 12.3 Å². The zero-order chi connectivity index (χ0) is 13.1. The van der Waals surface area contributed by atoms with Crippen LogP contribution in [0.15, 0.2) is 18.3 Å². The summed E-state index contributed by atoms with van der Waals surface area (Å²) in [6, 6.07) is 2.85. The molecule has 0 aliphatic heterocycles. The molecule has 0 fully saturated rings. The number of carboxylic acids is 1. The third-order valence-corrected chi connectivity index (χ3v) is 2.11. The van der Waals surface area contributed by atoms with Gasteiger partial charge >= 0.3 is 12.0 Å². The molecule has 0 bridgehead atoms. The molecule has 0 aromatic carbocycles. The number of carboxylic acid groups (broad SMARTS) is 1. The lowest BCUT2D eigenvalue weighted by atomic mass is 10.3. The second-order valence-electron chi connectivity index (χ2n) is 3.16. The van der Waals surface area contributed by atoms with Gasteiger partial charge in [0.15, 0.2) is 6.61 Å². The van der Waals surface area contributed by atoms with Crippen LogP contribution in [0.2, 0.25) is 5.15 Å². The van der Waals surface area contributed by atoms with E-state index in [4.69, 9.17) is 21.4 Å². The van der Waals surface area contributed by atoms with Crippen LogP contribution in [0.25, 0.3) is 11.4 Å². The summed E-state index contributed by atoms with van der Waals surface area (Å²) in [6.07, 6.45) is 1.39. The molecule has 0 saturated carbocycles. The Morgan fingerprint density at radius 2 is 2.28 bits per heavy atom. The summed E-state index contributed by atoms with van der Waals surface area (Å²) in [5, 5.41) is 21.7. The Hall–Kier alpha value is -2.35. The lowest BCUT2D eigenvalue weighted by Crippen LogP contribution is -2.10. The first-order valence-corrected chi connectivity index (χ1v) is 5.07. The molecule has 0 amide bonds. The Morgan fingerprint density at radius 1 is 1.50 bits per heavy atom. The molecule has 0 aliphatic carbocycles. The van der Waals surface area contributed by atoms with Gasteiger partial charge in [0.2, 0.25) is 5.82 Å². The number of rotatable bonds is 4. The Kier molecular flexibility index (Phi) is 3.28. The van der Waals surface area contributed by atoms with E-state index in [-0.39, 0.29) is 11.8 Å². The fraction of sp³-hybridized carbons (Fsp3) is 0.111. The molecule has 9 heteroatoms. The summed E-state index contributed by atoms with van der Waals surface area (Å²) in [4.78, 5) is 18.4. The van der Waals surface area contributed by atoms with Crippen LogP contribution in [0.1, 0.15) is 0 Å². The molecular formula is C9H7ClN4O4. The van der Waals surface area contributed by atoms with Gasteiger partial charge in [0, 0.05) is 11.8 Å². The molecule has 8 nitrogen and oxygen atoms in total. The average Bonchev–Trinajstić information content (AvgIpc) is 2.69. The van der Waals surface area contributed by atoms with Crippen LogP contribution < -0.4 is 4.74 Å². The van der Waals surface area contributed by atoms with Crippen molar-refractivity contribution in [2.24, 2.45) is 0 Å². The molecule has 0 unspecified atom stereocenters. The number of hydrogen-bond donors (Lipinski definition) is 2. The highest BCUT2D eigenvalue weighted by atomic mass is 35.5. The van der Waals surface area contributed by atoms with E-state index < -0.39 is 12.6 Å². The topological polar surface area (TPSA) is 110 Å². The van der Waals surface area contributed by atoms with Crippen molar-refractivity contribution < 1.29 is 19.8 Å². The van der Waals surface area contributed by atoms with Crippen LogP contribution in [-0.2, 0) is 4.79 Å². The van der Waals surface area contributed by atoms with Gasteiger partial charge in [-0.1, -0.05) is 21.5 Å². The molecule has 2 N–H and O–H groups in total. The third kappa shape index (κ3) is 2.66. The van der Waals surface area contributed by atoms with Crippen molar-refractivity contribution >= 4 is 17.6 Å². The molecule has 0 saturated heterocycles. The number of aromatic nitrogens is 4. The van der Waals surface area contributed by atoms with E-state index in [0.717, 1.165) is 0 Å². The first-order valence-electron chi connectivity index (χ1n) is 4.69. The number of halogens is 1. The predicted molar refractivity (Wildman–Crippen MR) is 58.6 cm³/mol. The molecule has 18 heavy (non-hydrogen) atoms. The summed E-state index contributed by atoms with van der Waals surface area (Å²) in [5.74, 6) is -1.10. The second-order valence-corrected chi connectivity index (χ2v) is 3.55. The monoisotopic (exact) mass is 270 g/mol. The SMILES string of the molecule is O=C(O)COc1nc(-c2ccc(Cl)nc2)n(O)n1. The Labute approximate surface area is 105 Å². The van der Waals surface area contributed by atoms with Crippen LogP contribution in [0.3, 0.4) is 0 Å². The van der Waals surface area contributed by atoms with E-state index in [0.29, 0.717) is 15.6 Å². The minimum absolute atomic E-state index is 0.0690. The maximum atomic E-state index is 10.3. The van der Waals surface area contributed by atoms with Gasteiger partial charge in [-0.15, -0.1) is 0 Å². The van der Waals surface area contributed by atoms with E-state index in [2.05, 4.69) is 15.1 Å². The molecule has 0 spiro atoms. The number of ether oxygens (including phenoxy) is 1. The molecule has 2 heterocycles. The second kappa shape index (κ2) is 4.88. The van der Waals surface area contributed by atoms with Crippen molar-refractivity contribution in [3.8, 4) is 17.4 Å². The molecule has 2 rings (SSSR count). The smallest absolute Gasteiger partial charge is 0.341 e. The maximum absolute atomic E-state index is 10.3. The molecule has 94 valence electrons. The van der Waals surface area contributed by atoms with Crippen LogP contribution in [-0.4, -0.2) is 42.8 Å². The van der Waals surface area contributed by atoms with Crippen LogP contribution in [0.5, 0.6) is 6.01 Å². The van der Waals surface area contributed by atoms with Gasteiger partial charge in [0.1, 0.15) is 5.15 Å². The molecule has 0 radical (unpaired) electrons. The third-order valence-electron chi connectivity index (χ3n) is 1.88. The normalized spacial score (nSPS) is 10.3. The highest BCUT2D eigenvalue weighted by molar-refractivity contribution is 6.29. The zero-order valence-electron chi connectivity index (χ0n) is 8.82. The average molecular weight is 271 g/mol. The van der Waals surface area contributed by atoms with Crippen molar-refractivity contribution in [3.05, 3.63) is 23.5 Å². The summed E-state index contributed by atoms with van der Waals surface area (Å²) >= 11 is 5.62. The van der Waals surface area contributed by atoms with Gasteiger partial charge in [0.05, 0.1) is 0 Å². The molecule has 0 aliphatic rings. The molecule has 2 aromatic heterocycles. The number of nitrogens with zero attached hydrogens (tertiary/aromatic N) is 4. The quantitative estimate of drug-likeness (QED) is 0.621. The van der Waals surface area contributed by atoms with Crippen molar-refractivity contribution in [1.82, 2.24) is 19.9 Å². The predicted octanol–water partition coefficient (Wildman–Crippen LogP) is 0.694. The van der Waals surface area contributed by atoms with Gasteiger partial charge < -0.3 is 15.1 Å². The molecular weight excluding hydrogens is 264 g/mol. The van der Waals surface area contributed by atoms with Gasteiger partial charge in [-0.3, -0.25) is 0 Å². The number of hydrogen-bond acceptors (Lipinski definition) is 6. The fourth-order valence-corrected chi connectivity index (χ4v) is 1.27. The Morgan fingerprint density at radius 3 is 2.89 bits per heavy atom. The first-order chi connectivity index (χ1) is 8.56. The van der Waals surface area contributed by atoms with Crippen molar-refractivity contribution in [2.75, 3.05) is 6.61 Å². The minimum Gasteiger partial charge on any atom is -0.479 e. The standard InChI is InChI=1S/C9H7ClN4O4/c10-6-2-1-5(3-11-6)8-12-9(13-14(8)17)18-4-7(15)16/h1-3,17H,4H2,(H,15,16). The number of pyridine rings is 1. The van der Waals surface area contributed by atoms with E-state index >= 15 is 0 Å².